The van der Waals surface area contributed by atoms with Crippen molar-refractivity contribution in [2.75, 3.05) is 20.1 Å². The molecule has 2 aromatic heterocycles. The zero-order valence-corrected chi connectivity index (χ0v) is 18.5. The van der Waals surface area contributed by atoms with Gasteiger partial charge in [-0.05, 0) is 17.7 Å². The van der Waals surface area contributed by atoms with Crippen molar-refractivity contribution in [1.82, 2.24) is 15.2 Å². The number of aromatic nitrogens is 1. The minimum Gasteiger partial charge on any atom is -0.469 e. The van der Waals surface area contributed by atoms with Crippen molar-refractivity contribution >= 4 is 41.3 Å². The minimum atomic E-state index is 0. The second kappa shape index (κ2) is 11.8. The number of thiazole rings is 1. The number of nitrogens with zero attached hydrogens (tertiary/aromatic N) is 3. The summed E-state index contributed by atoms with van der Waals surface area (Å²) in [6.45, 7) is 2.31. The molecule has 3 rings (SSSR count). The summed E-state index contributed by atoms with van der Waals surface area (Å²) in [5.41, 5.74) is 1.20. The van der Waals surface area contributed by atoms with Gasteiger partial charge in [0, 0.05) is 44.6 Å². The quantitative estimate of drug-likeness (QED) is 0.288. The van der Waals surface area contributed by atoms with Gasteiger partial charge in [-0.2, -0.15) is 0 Å². The highest BCUT2D eigenvalue weighted by molar-refractivity contribution is 14.0. The van der Waals surface area contributed by atoms with E-state index in [0.717, 1.165) is 42.7 Å². The molecule has 2 heterocycles. The number of aliphatic imine (C=N–C) groups is 1. The molecule has 0 radical (unpaired) electrons. The fourth-order valence-electron chi connectivity index (χ4n) is 2.56. The molecule has 0 aliphatic heterocycles. The van der Waals surface area contributed by atoms with Crippen molar-refractivity contribution < 1.29 is 4.42 Å². The van der Waals surface area contributed by atoms with Gasteiger partial charge in [-0.3, -0.25) is 0 Å². The highest BCUT2D eigenvalue weighted by atomic mass is 127. The molecule has 0 saturated carbocycles. The van der Waals surface area contributed by atoms with Crippen LogP contribution in [0.25, 0.3) is 0 Å². The van der Waals surface area contributed by atoms with Crippen molar-refractivity contribution in [1.29, 1.82) is 0 Å². The Labute approximate surface area is 181 Å². The number of halogens is 1. The van der Waals surface area contributed by atoms with Crippen LogP contribution in [-0.4, -0.2) is 36.0 Å². The smallest absolute Gasteiger partial charge is 0.194 e. The molecule has 0 saturated heterocycles. The fraction of sp³-hybridized carbons (Fsp3) is 0.300. The number of furan rings is 1. The summed E-state index contributed by atoms with van der Waals surface area (Å²) < 4.78 is 5.40. The topological polar surface area (TPSA) is 53.7 Å². The molecule has 1 N–H and O–H groups in total. The first kappa shape index (κ1) is 21.4. The lowest BCUT2D eigenvalue weighted by Crippen LogP contribution is -2.40. The third-order valence-corrected chi connectivity index (χ3v) is 4.83. The van der Waals surface area contributed by atoms with E-state index in [4.69, 9.17) is 9.41 Å². The lowest BCUT2D eigenvalue weighted by atomic mass is 10.2. The number of likely N-dealkylation sites (N-methyl/N-ethyl adjacent to an activating group) is 1. The van der Waals surface area contributed by atoms with Gasteiger partial charge >= 0.3 is 0 Å². The third-order valence-electron chi connectivity index (χ3n) is 3.99. The van der Waals surface area contributed by atoms with Gasteiger partial charge < -0.3 is 14.6 Å². The lowest BCUT2D eigenvalue weighted by Gasteiger charge is -2.22. The predicted octanol–water partition coefficient (Wildman–Crippen LogP) is 4.22. The molecule has 3 aromatic rings. The van der Waals surface area contributed by atoms with E-state index in [2.05, 4.69) is 34.4 Å². The maximum atomic E-state index is 5.40. The van der Waals surface area contributed by atoms with Crippen molar-refractivity contribution in [2.45, 2.75) is 19.4 Å². The molecule has 0 aliphatic carbocycles. The Morgan fingerprint density at radius 2 is 2.04 bits per heavy atom. The number of guanidine groups is 1. The average Bonchev–Trinajstić information content (AvgIpc) is 3.37. The van der Waals surface area contributed by atoms with Gasteiger partial charge in [-0.15, -0.1) is 35.3 Å². The van der Waals surface area contributed by atoms with Gasteiger partial charge in [0.15, 0.2) is 5.96 Å². The van der Waals surface area contributed by atoms with Gasteiger partial charge in [0.1, 0.15) is 5.76 Å². The van der Waals surface area contributed by atoms with Crippen LogP contribution < -0.4 is 5.32 Å². The molecule has 7 heteroatoms. The summed E-state index contributed by atoms with van der Waals surface area (Å²) in [6.07, 6.45) is 5.31. The van der Waals surface area contributed by atoms with Crippen LogP contribution in [-0.2, 0) is 19.4 Å². The average molecular weight is 496 g/mol. The summed E-state index contributed by atoms with van der Waals surface area (Å²) in [6, 6.07) is 14.2. The van der Waals surface area contributed by atoms with Gasteiger partial charge in [0.05, 0.1) is 17.8 Å². The largest absolute Gasteiger partial charge is 0.469 e. The summed E-state index contributed by atoms with van der Waals surface area (Å²) in [4.78, 5) is 11.3. The van der Waals surface area contributed by atoms with Crippen LogP contribution in [0.15, 0.2) is 69.7 Å². The number of hydrogen-bond acceptors (Lipinski definition) is 4. The van der Waals surface area contributed by atoms with E-state index in [-0.39, 0.29) is 24.0 Å². The van der Waals surface area contributed by atoms with E-state index in [1.807, 2.05) is 41.9 Å². The zero-order valence-electron chi connectivity index (χ0n) is 15.4. The van der Waals surface area contributed by atoms with E-state index < -0.39 is 0 Å². The first-order valence-electron chi connectivity index (χ1n) is 8.75. The van der Waals surface area contributed by atoms with Crippen LogP contribution in [0.5, 0.6) is 0 Å². The Kier molecular flexibility index (Phi) is 9.34. The molecule has 5 nitrogen and oxygen atoms in total. The number of hydrogen-bond donors (Lipinski definition) is 1. The standard InChI is InChI=1S/C20H24N4OS.HI/c1-24(13-10-19-21-12-15-26-19)20(22-11-9-18-8-5-14-25-18)23-16-17-6-3-2-4-7-17;/h2-8,12,14-15H,9-11,13,16H2,1H3,(H,22,23);1H. The molecule has 0 spiro atoms. The van der Waals surface area contributed by atoms with Crippen LogP contribution in [0.3, 0.4) is 0 Å². The lowest BCUT2D eigenvalue weighted by molar-refractivity contribution is 0.474. The Balaban J connectivity index is 0.00000261. The van der Waals surface area contributed by atoms with Crippen LogP contribution in [0.1, 0.15) is 16.3 Å². The van der Waals surface area contributed by atoms with Crippen LogP contribution in [0, 0.1) is 0 Å². The highest BCUT2D eigenvalue weighted by Crippen LogP contribution is 2.06. The van der Waals surface area contributed by atoms with E-state index in [0.29, 0.717) is 6.54 Å². The SMILES string of the molecule is CN(CCc1nccs1)C(=NCc1ccccc1)NCCc1ccco1.I. The molecule has 1 aromatic carbocycles. The Morgan fingerprint density at radius 1 is 1.19 bits per heavy atom. The number of rotatable bonds is 8. The van der Waals surface area contributed by atoms with Crippen LogP contribution in [0.4, 0.5) is 0 Å². The van der Waals surface area contributed by atoms with Crippen molar-refractivity contribution in [3.05, 3.63) is 76.6 Å². The van der Waals surface area contributed by atoms with Crippen LogP contribution in [0.2, 0.25) is 0 Å². The Bertz CT molecular complexity index is 776. The van der Waals surface area contributed by atoms with Gasteiger partial charge in [0.2, 0.25) is 0 Å². The molecule has 0 aliphatic rings. The molecule has 0 unspecified atom stereocenters. The number of benzene rings is 1. The normalized spacial score (nSPS) is 11.1. The monoisotopic (exact) mass is 496 g/mol. The maximum Gasteiger partial charge on any atom is 0.194 e. The van der Waals surface area contributed by atoms with Crippen LogP contribution >= 0.6 is 35.3 Å². The summed E-state index contributed by atoms with van der Waals surface area (Å²) in [5, 5.41) is 6.62. The molecule has 0 fully saturated rings. The zero-order chi connectivity index (χ0) is 18.0. The molecular weight excluding hydrogens is 471 g/mol. The molecule has 27 heavy (non-hydrogen) atoms. The first-order chi connectivity index (χ1) is 12.8. The molecule has 0 bridgehead atoms. The Morgan fingerprint density at radius 3 is 2.74 bits per heavy atom. The minimum absolute atomic E-state index is 0. The third kappa shape index (κ3) is 7.34. The predicted molar refractivity (Wildman–Crippen MR) is 122 cm³/mol. The summed E-state index contributed by atoms with van der Waals surface area (Å²) in [7, 11) is 2.07. The molecule has 0 atom stereocenters. The van der Waals surface area contributed by atoms with E-state index in [1.165, 1.54) is 5.56 Å². The van der Waals surface area contributed by atoms with Crippen molar-refractivity contribution in [3.63, 3.8) is 0 Å². The summed E-state index contributed by atoms with van der Waals surface area (Å²) >= 11 is 1.69. The second-order valence-electron chi connectivity index (χ2n) is 5.98. The van der Waals surface area contributed by atoms with E-state index >= 15 is 0 Å². The number of nitrogens with one attached hydrogen (secondary N) is 1. The van der Waals surface area contributed by atoms with E-state index in [1.54, 1.807) is 17.6 Å². The molecular formula is C20H25IN4OS. The maximum absolute atomic E-state index is 5.40. The van der Waals surface area contributed by atoms with E-state index in [9.17, 15) is 0 Å². The highest BCUT2D eigenvalue weighted by Gasteiger charge is 2.08. The van der Waals surface area contributed by atoms with Gasteiger partial charge in [-0.25, -0.2) is 9.98 Å². The summed E-state index contributed by atoms with van der Waals surface area (Å²) in [5.74, 6) is 1.88. The molecule has 144 valence electrons. The molecule has 0 amide bonds. The van der Waals surface area contributed by atoms with Crippen molar-refractivity contribution in [2.24, 2.45) is 4.99 Å². The Hall–Kier alpha value is -1.87. The first-order valence-corrected chi connectivity index (χ1v) is 9.63. The van der Waals surface area contributed by atoms with Gasteiger partial charge in [-0.1, -0.05) is 30.3 Å². The van der Waals surface area contributed by atoms with Gasteiger partial charge in [0.25, 0.3) is 0 Å². The second-order valence-corrected chi connectivity index (χ2v) is 6.96. The van der Waals surface area contributed by atoms with Crippen molar-refractivity contribution in [3.8, 4) is 0 Å². The fourth-order valence-corrected chi connectivity index (χ4v) is 3.17.